The molecular formula is C16H14O2. The average Bonchev–Trinajstić information content (AvgIpc) is 2.76. The fraction of sp³-hybridized carbons (Fsp3) is 0.188. The number of hydrogen-bond acceptors (Lipinski definition) is 2. The Morgan fingerprint density at radius 3 is 2.50 bits per heavy atom. The molecular weight excluding hydrogens is 224 g/mol. The molecule has 0 radical (unpaired) electrons. The topological polar surface area (TPSA) is 26.3 Å². The number of benzene rings is 2. The van der Waals surface area contributed by atoms with E-state index in [1.807, 2.05) is 37.3 Å². The van der Waals surface area contributed by atoms with E-state index < -0.39 is 6.10 Å². The van der Waals surface area contributed by atoms with Crippen molar-refractivity contribution in [1.29, 1.82) is 0 Å². The largest absolute Gasteiger partial charge is 0.358 e. The summed E-state index contributed by atoms with van der Waals surface area (Å²) < 4.78 is 5.60. The molecule has 2 unspecified atom stereocenters. The minimum atomic E-state index is -0.403. The van der Waals surface area contributed by atoms with Crippen molar-refractivity contribution < 1.29 is 9.53 Å². The fourth-order valence-electron chi connectivity index (χ4n) is 2.47. The highest BCUT2D eigenvalue weighted by Crippen LogP contribution is 2.39. The van der Waals surface area contributed by atoms with Crippen molar-refractivity contribution in [3.63, 3.8) is 0 Å². The number of fused-ring (bicyclic) bond motifs is 1. The molecule has 18 heavy (non-hydrogen) atoms. The van der Waals surface area contributed by atoms with Crippen LogP contribution in [-0.2, 0) is 9.53 Å². The molecule has 0 spiro atoms. The fourth-order valence-corrected chi connectivity index (χ4v) is 2.47. The maximum atomic E-state index is 10.9. The third-order valence-electron chi connectivity index (χ3n) is 3.41. The second-order valence-corrected chi connectivity index (χ2v) is 4.54. The summed E-state index contributed by atoms with van der Waals surface area (Å²) in [6.07, 6.45) is 0.448. The highest BCUT2D eigenvalue weighted by atomic mass is 16.5. The molecule has 0 saturated carbocycles. The van der Waals surface area contributed by atoms with Gasteiger partial charge in [-0.1, -0.05) is 42.5 Å². The Balaban J connectivity index is 2.07. The second-order valence-electron chi connectivity index (χ2n) is 4.54. The zero-order chi connectivity index (χ0) is 12.5. The first-order chi connectivity index (χ1) is 8.79. The SMILES string of the molecule is CC1OC(C=O)c2ccc(-c3ccccc3)cc21. The summed E-state index contributed by atoms with van der Waals surface area (Å²) >= 11 is 0. The van der Waals surface area contributed by atoms with Gasteiger partial charge in [0.05, 0.1) is 6.10 Å². The molecule has 2 atom stereocenters. The van der Waals surface area contributed by atoms with E-state index in [1.165, 1.54) is 5.56 Å². The molecule has 0 aliphatic carbocycles. The first-order valence-corrected chi connectivity index (χ1v) is 6.09. The highest BCUT2D eigenvalue weighted by molar-refractivity contribution is 5.69. The molecule has 0 fully saturated rings. The van der Waals surface area contributed by atoms with Crippen LogP contribution in [0.25, 0.3) is 11.1 Å². The second kappa shape index (κ2) is 4.39. The normalized spacial score (nSPS) is 21.6. The van der Waals surface area contributed by atoms with Gasteiger partial charge in [-0.2, -0.15) is 0 Å². The van der Waals surface area contributed by atoms with E-state index in [2.05, 4.69) is 18.2 Å². The van der Waals surface area contributed by atoms with E-state index in [0.29, 0.717) is 0 Å². The molecule has 0 N–H and O–H groups in total. The van der Waals surface area contributed by atoms with E-state index >= 15 is 0 Å². The van der Waals surface area contributed by atoms with E-state index in [-0.39, 0.29) is 6.10 Å². The standard InChI is InChI=1S/C16H14O2/c1-11-15-9-13(12-5-3-2-4-6-12)7-8-14(15)16(10-17)18-11/h2-11,16H,1H3. The minimum absolute atomic E-state index is 0.0149. The highest BCUT2D eigenvalue weighted by Gasteiger charge is 2.28. The number of ether oxygens (including phenoxy) is 1. The number of hydrogen-bond donors (Lipinski definition) is 0. The molecule has 2 aromatic carbocycles. The molecule has 2 heteroatoms. The van der Waals surface area contributed by atoms with Gasteiger partial charge in [0, 0.05) is 0 Å². The lowest BCUT2D eigenvalue weighted by Crippen LogP contribution is -1.96. The average molecular weight is 238 g/mol. The first kappa shape index (κ1) is 11.2. The van der Waals surface area contributed by atoms with Gasteiger partial charge in [0.2, 0.25) is 0 Å². The van der Waals surface area contributed by atoms with Crippen molar-refractivity contribution >= 4 is 6.29 Å². The smallest absolute Gasteiger partial charge is 0.153 e. The van der Waals surface area contributed by atoms with Gasteiger partial charge in [0.1, 0.15) is 6.10 Å². The van der Waals surface area contributed by atoms with Crippen LogP contribution in [0.1, 0.15) is 30.3 Å². The van der Waals surface area contributed by atoms with Crippen LogP contribution < -0.4 is 0 Å². The number of carbonyl (C=O) groups is 1. The Morgan fingerprint density at radius 2 is 1.78 bits per heavy atom. The minimum Gasteiger partial charge on any atom is -0.358 e. The van der Waals surface area contributed by atoms with Crippen molar-refractivity contribution in [2.45, 2.75) is 19.1 Å². The van der Waals surface area contributed by atoms with E-state index in [0.717, 1.165) is 23.0 Å². The van der Waals surface area contributed by atoms with Gasteiger partial charge < -0.3 is 9.53 Å². The van der Waals surface area contributed by atoms with Crippen LogP contribution in [0.15, 0.2) is 48.5 Å². The molecule has 0 bridgehead atoms. The monoisotopic (exact) mass is 238 g/mol. The summed E-state index contributed by atoms with van der Waals surface area (Å²) in [4.78, 5) is 10.9. The summed E-state index contributed by atoms with van der Waals surface area (Å²) in [7, 11) is 0. The lowest BCUT2D eigenvalue weighted by atomic mass is 9.96. The van der Waals surface area contributed by atoms with Crippen LogP contribution in [-0.4, -0.2) is 6.29 Å². The van der Waals surface area contributed by atoms with Crippen molar-refractivity contribution in [3.05, 3.63) is 59.7 Å². The molecule has 3 rings (SSSR count). The van der Waals surface area contributed by atoms with E-state index in [1.54, 1.807) is 0 Å². The van der Waals surface area contributed by atoms with Crippen molar-refractivity contribution in [1.82, 2.24) is 0 Å². The van der Waals surface area contributed by atoms with Gasteiger partial charge in [-0.15, -0.1) is 0 Å². The Labute approximate surface area is 106 Å². The molecule has 2 aromatic rings. The zero-order valence-electron chi connectivity index (χ0n) is 10.2. The molecule has 1 aliphatic heterocycles. The van der Waals surface area contributed by atoms with E-state index in [9.17, 15) is 4.79 Å². The Hall–Kier alpha value is -1.93. The number of carbonyl (C=O) groups excluding carboxylic acids is 1. The van der Waals surface area contributed by atoms with Gasteiger partial charge in [-0.05, 0) is 35.2 Å². The first-order valence-electron chi connectivity index (χ1n) is 6.09. The molecule has 0 aromatic heterocycles. The lowest BCUT2D eigenvalue weighted by molar-refractivity contribution is -0.119. The van der Waals surface area contributed by atoms with Crippen molar-refractivity contribution in [3.8, 4) is 11.1 Å². The number of rotatable bonds is 2. The maximum Gasteiger partial charge on any atom is 0.153 e. The maximum absolute atomic E-state index is 10.9. The Bertz CT molecular complexity index is 575. The lowest BCUT2D eigenvalue weighted by Gasteiger charge is -2.06. The Morgan fingerprint density at radius 1 is 1.00 bits per heavy atom. The van der Waals surface area contributed by atoms with Crippen LogP contribution in [0.5, 0.6) is 0 Å². The quantitative estimate of drug-likeness (QED) is 0.746. The molecule has 0 amide bonds. The molecule has 0 saturated heterocycles. The van der Waals surface area contributed by atoms with Crippen molar-refractivity contribution in [2.24, 2.45) is 0 Å². The summed E-state index contributed by atoms with van der Waals surface area (Å²) in [6.45, 7) is 1.98. The predicted molar refractivity (Wildman–Crippen MR) is 70.2 cm³/mol. The zero-order valence-corrected chi connectivity index (χ0v) is 10.2. The summed E-state index contributed by atoms with van der Waals surface area (Å²) in [6, 6.07) is 16.4. The number of aldehydes is 1. The predicted octanol–water partition coefficient (Wildman–Crippen LogP) is 3.68. The van der Waals surface area contributed by atoms with E-state index in [4.69, 9.17) is 4.74 Å². The summed E-state index contributed by atoms with van der Waals surface area (Å²) in [5.41, 5.74) is 4.46. The third-order valence-corrected chi connectivity index (χ3v) is 3.41. The van der Waals surface area contributed by atoms with Gasteiger partial charge in [-0.25, -0.2) is 0 Å². The molecule has 2 nitrogen and oxygen atoms in total. The van der Waals surface area contributed by atoms with Gasteiger partial charge in [0.25, 0.3) is 0 Å². The molecule has 90 valence electrons. The van der Waals surface area contributed by atoms with Crippen LogP contribution in [0.3, 0.4) is 0 Å². The van der Waals surface area contributed by atoms with Crippen LogP contribution in [0.4, 0.5) is 0 Å². The molecule has 1 aliphatic rings. The van der Waals surface area contributed by atoms with Crippen LogP contribution in [0.2, 0.25) is 0 Å². The van der Waals surface area contributed by atoms with Crippen LogP contribution >= 0.6 is 0 Å². The Kier molecular flexibility index (Phi) is 2.73. The summed E-state index contributed by atoms with van der Waals surface area (Å²) in [5.74, 6) is 0. The van der Waals surface area contributed by atoms with Crippen LogP contribution in [0, 0.1) is 0 Å². The van der Waals surface area contributed by atoms with Gasteiger partial charge in [-0.3, -0.25) is 0 Å². The van der Waals surface area contributed by atoms with Gasteiger partial charge in [0.15, 0.2) is 6.29 Å². The third kappa shape index (κ3) is 1.75. The van der Waals surface area contributed by atoms with Crippen molar-refractivity contribution in [2.75, 3.05) is 0 Å². The van der Waals surface area contributed by atoms with Gasteiger partial charge >= 0.3 is 0 Å². The summed E-state index contributed by atoms with van der Waals surface area (Å²) in [5, 5.41) is 0. The molecule has 1 heterocycles.